The molecule has 0 amide bonds. The van der Waals surface area contributed by atoms with E-state index in [1.54, 1.807) is 0 Å². The maximum Gasteiger partial charge on any atom is 0.306 e. The van der Waals surface area contributed by atoms with Crippen LogP contribution in [0, 0.1) is 0 Å². The molecule has 0 saturated carbocycles. The first kappa shape index (κ1) is 56.9. The molecule has 0 bridgehead atoms. The lowest BCUT2D eigenvalue weighted by Gasteiger charge is -2.18. The molecule has 6 nitrogen and oxygen atoms in total. The van der Waals surface area contributed by atoms with Crippen molar-refractivity contribution < 1.29 is 28.6 Å². The summed E-state index contributed by atoms with van der Waals surface area (Å²) in [5.74, 6) is -0.873. The Morgan fingerprint density at radius 3 is 0.983 bits per heavy atom. The minimum absolute atomic E-state index is 0.0722. The van der Waals surface area contributed by atoms with Crippen molar-refractivity contribution in [1.29, 1.82) is 0 Å². The van der Waals surface area contributed by atoms with Gasteiger partial charge in [0.15, 0.2) is 6.10 Å². The molecule has 0 fully saturated rings. The fourth-order valence-corrected chi connectivity index (χ4v) is 7.52. The summed E-state index contributed by atoms with van der Waals surface area (Å²) < 4.78 is 16.8. The third kappa shape index (κ3) is 46.8. The van der Waals surface area contributed by atoms with E-state index < -0.39 is 6.10 Å². The summed E-state index contributed by atoms with van der Waals surface area (Å²) in [6, 6.07) is 0. The zero-order valence-corrected chi connectivity index (χ0v) is 39.5. The molecule has 0 aromatic rings. The van der Waals surface area contributed by atoms with E-state index in [4.69, 9.17) is 14.2 Å². The van der Waals surface area contributed by atoms with Gasteiger partial charge in [0.1, 0.15) is 13.2 Å². The Bertz CT molecular complexity index is 958. The lowest BCUT2D eigenvalue weighted by Crippen LogP contribution is -2.30. The molecule has 0 aliphatic rings. The van der Waals surface area contributed by atoms with Gasteiger partial charge in [-0.05, 0) is 44.9 Å². The smallest absolute Gasteiger partial charge is 0.306 e. The molecule has 6 heteroatoms. The highest BCUT2D eigenvalue weighted by atomic mass is 16.6. The molecule has 1 unspecified atom stereocenters. The molecule has 0 radical (unpaired) electrons. The van der Waals surface area contributed by atoms with Crippen LogP contribution in [-0.4, -0.2) is 37.2 Å². The maximum atomic E-state index is 12.8. The minimum atomic E-state index is -0.771. The SMILES string of the molecule is CCCC/C=C\C/C=C\CCCCCCCC(=O)OC(COC(=O)CCCCCCCCCCCCC)COC(=O)CCCCCCCCCCCCCCCCCC. The topological polar surface area (TPSA) is 78.9 Å². The van der Waals surface area contributed by atoms with Crippen LogP contribution in [0.2, 0.25) is 0 Å². The monoisotopic (exact) mass is 831 g/mol. The predicted molar refractivity (Wildman–Crippen MR) is 252 cm³/mol. The molecular weight excluding hydrogens is 733 g/mol. The standard InChI is InChI=1S/C53H98O6/c1-4-7-10-13-16-19-22-24-26-27-29-31-34-37-40-43-46-52(55)58-49-50(48-57-51(54)45-42-39-36-33-30-21-18-15-12-9-6-3)59-53(56)47-44-41-38-35-32-28-25-23-20-17-14-11-8-5-2/h14,17,23,25,50H,4-13,15-16,18-22,24,26-49H2,1-3H3/b17-14-,25-23-. The van der Waals surface area contributed by atoms with Crippen molar-refractivity contribution in [3.8, 4) is 0 Å². The van der Waals surface area contributed by atoms with E-state index in [-0.39, 0.29) is 31.1 Å². The average Bonchev–Trinajstić information content (AvgIpc) is 3.23. The number of hydrogen-bond acceptors (Lipinski definition) is 6. The number of hydrogen-bond donors (Lipinski definition) is 0. The van der Waals surface area contributed by atoms with Crippen LogP contribution in [-0.2, 0) is 28.6 Å². The summed E-state index contributed by atoms with van der Waals surface area (Å²) in [4.78, 5) is 37.9. The van der Waals surface area contributed by atoms with Crippen molar-refractivity contribution in [1.82, 2.24) is 0 Å². The molecule has 0 rings (SSSR count). The van der Waals surface area contributed by atoms with E-state index >= 15 is 0 Å². The molecule has 0 saturated heterocycles. The number of unbranched alkanes of at least 4 members (excludes halogenated alkanes) is 32. The summed E-state index contributed by atoms with van der Waals surface area (Å²) >= 11 is 0. The Kier molecular flexibility index (Phi) is 46.8. The van der Waals surface area contributed by atoms with Gasteiger partial charge in [0.05, 0.1) is 0 Å². The quantitative estimate of drug-likeness (QED) is 0.0263. The second-order valence-corrected chi connectivity index (χ2v) is 17.4. The molecule has 0 aromatic heterocycles. The van der Waals surface area contributed by atoms with Gasteiger partial charge in [-0.15, -0.1) is 0 Å². The summed E-state index contributed by atoms with van der Waals surface area (Å²) in [6.45, 7) is 6.61. The third-order valence-corrected chi connectivity index (χ3v) is 11.5. The second kappa shape index (κ2) is 48.6. The van der Waals surface area contributed by atoms with Crippen LogP contribution in [0.25, 0.3) is 0 Å². The van der Waals surface area contributed by atoms with E-state index in [1.807, 2.05) is 0 Å². The molecule has 0 N–H and O–H groups in total. The van der Waals surface area contributed by atoms with E-state index in [2.05, 4.69) is 45.1 Å². The molecule has 0 spiro atoms. The van der Waals surface area contributed by atoms with Gasteiger partial charge in [0, 0.05) is 19.3 Å². The van der Waals surface area contributed by atoms with E-state index in [9.17, 15) is 14.4 Å². The zero-order valence-electron chi connectivity index (χ0n) is 39.5. The predicted octanol–water partition coefficient (Wildman–Crippen LogP) is 16.8. The van der Waals surface area contributed by atoms with Gasteiger partial charge in [-0.3, -0.25) is 14.4 Å². The summed E-state index contributed by atoms with van der Waals surface area (Å²) in [7, 11) is 0. The number of allylic oxidation sites excluding steroid dienone is 4. The largest absolute Gasteiger partial charge is 0.462 e. The Balaban J connectivity index is 4.33. The number of carbonyl (C=O) groups is 3. The third-order valence-electron chi connectivity index (χ3n) is 11.5. The minimum Gasteiger partial charge on any atom is -0.462 e. The van der Waals surface area contributed by atoms with E-state index in [0.29, 0.717) is 19.3 Å². The van der Waals surface area contributed by atoms with Crippen LogP contribution in [0.5, 0.6) is 0 Å². The molecule has 0 aromatic carbocycles. The normalized spacial score (nSPS) is 12.1. The van der Waals surface area contributed by atoms with Gasteiger partial charge in [0.25, 0.3) is 0 Å². The van der Waals surface area contributed by atoms with Crippen molar-refractivity contribution in [3.05, 3.63) is 24.3 Å². The molecular formula is C53H98O6. The highest BCUT2D eigenvalue weighted by molar-refractivity contribution is 5.71. The van der Waals surface area contributed by atoms with Crippen molar-refractivity contribution in [2.75, 3.05) is 13.2 Å². The van der Waals surface area contributed by atoms with Crippen LogP contribution < -0.4 is 0 Å². The molecule has 0 aliphatic heterocycles. The van der Waals surface area contributed by atoms with Crippen molar-refractivity contribution >= 4 is 17.9 Å². The summed E-state index contributed by atoms with van der Waals surface area (Å²) in [5.41, 5.74) is 0. The fraction of sp³-hybridized carbons (Fsp3) is 0.868. The average molecular weight is 831 g/mol. The van der Waals surface area contributed by atoms with Crippen molar-refractivity contribution in [2.45, 2.75) is 284 Å². The van der Waals surface area contributed by atoms with E-state index in [1.165, 1.54) is 154 Å². The maximum absolute atomic E-state index is 12.8. The second-order valence-electron chi connectivity index (χ2n) is 17.4. The van der Waals surface area contributed by atoms with Crippen molar-refractivity contribution in [3.63, 3.8) is 0 Å². The number of rotatable bonds is 47. The first-order valence-corrected chi connectivity index (χ1v) is 25.8. The molecule has 346 valence electrons. The molecule has 59 heavy (non-hydrogen) atoms. The Labute approximate surface area is 366 Å². The van der Waals surface area contributed by atoms with Gasteiger partial charge in [0.2, 0.25) is 0 Å². The van der Waals surface area contributed by atoms with Gasteiger partial charge in [-0.25, -0.2) is 0 Å². The molecule has 1 atom stereocenters. The molecule has 0 aliphatic carbocycles. The highest BCUT2D eigenvalue weighted by Gasteiger charge is 2.19. The Morgan fingerprint density at radius 2 is 0.627 bits per heavy atom. The van der Waals surface area contributed by atoms with Gasteiger partial charge >= 0.3 is 17.9 Å². The zero-order chi connectivity index (χ0) is 43.0. The van der Waals surface area contributed by atoms with Gasteiger partial charge in [-0.1, -0.05) is 238 Å². The number of ether oxygens (including phenoxy) is 3. The van der Waals surface area contributed by atoms with Crippen LogP contribution in [0.1, 0.15) is 278 Å². The van der Waals surface area contributed by atoms with Crippen LogP contribution in [0.15, 0.2) is 24.3 Å². The number of carbonyl (C=O) groups excluding carboxylic acids is 3. The summed E-state index contributed by atoms with van der Waals surface area (Å²) in [6.07, 6.45) is 54.4. The Morgan fingerprint density at radius 1 is 0.339 bits per heavy atom. The van der Waals surface area contributed by atoms with E-state index in [0.717, 1.165) is 83.5 Å². The number of esters is 3. The van der Waals surface area contributed by atoms with Crippen LogP contribution >= 0.6 is 0 Å². The van der Waals surface area contributed by atoms with Crippen molar-refractivity contribution in [2.24, 2.45) is 0 Å². The van der Waals surface area contributed by atoms with Crippen LogP contribution in [0.3, 0.4) is 0 Å². The van der Waals surface area contributed by atoms with Gasteiger partial charge in [-0.2, -0.15) is 0 Å². The lowest BCUT2D eigenvalue weighted by molar-refractivity contribution is -0.167. The fourth-order valence-electron chi connectivity index (χ4n) is 7.52. The highest BCUT2D eigenvalue weighted by Crippen LogP contribution is 2.16. The molecule has 0 heterocycles. The van der Waals surface area contributed by atoms with Gasteiger partial charge < -0.3 is 14.2 Å². The van der Waals surface area contributed by atoms with Crippen LogP contribution in [0.4, 0.5) is 0 Å². The Hall–Kier alpha value is -2.11. The summed E-state index contributed by atoms with van der Waals surface area (Å²) in [5, 5.41) is 0. The first-order chi connectivity index (χ1) is 29.0. The first-order valence-electron chi connectivity index (χ1n) is 25.8. The lowest BCUT2D eigenvalue weighted by atomic mass is 10.0.